The van der Waals surface area contributed by atoms with Gasteiger partial charge in [-0.2, -0.15) is 0 Å². The molecule has 2 aromatic carbocycles. The summed E-state index contributed by atoms with van der Waals surface area (Å²) in [4.78, 5) is 25.6. The summed E-state index contributed by atoms with van der Waals surface area (Å²) in [6.45, 7) is 4.53. The van der Waals surface area contributed by atoms with E-state index in [1.807, 2.05) is 30.3 Å². The summed E-state index contributed by atoms with van der Waals surface area (Å²) >= 11 is 3.31. The van der Waals surface area contributed by atoms with Gasteiger partial charge in [0.1, 0.15) is 11.3 Å². The van der Waals surface area contributed by atoms with Crippen LogP contribution in [-0.4, -0.2) is 28.7 Å². The van der Waals surface area contributed by atoms with E-state index in [2.05, 4.69) is 43.1 Å². The number of amides is 1. The maximum atomic E-state index is 13.3. The Morgan fingerprint density at radius 1 is 1.09 bits per heavy atom. The number of thioether (sulfide) groups is 1. The number of benzene rings is 2. The van der Waals surface area contributed by atoms with E-state index < -0.39 is 0 Å². The van der Waals surface area contributed by atoms with Gasteiger partial charge >= 0.3 is 0 Å². The highest BCUT2D eigenvalue weighted by molar-refractivity contribution is 7.99. The second kappa shape index (κ2) is 10.8. The fourth-order valence-electron chi connectivity index (χ4n) is 3.48. The molecule has 0 fully saturated rings. The average Bonchev–Trinajstić information content (AvgIpc) is 3.28. The smallest absolute Gasteiger partial charge is 0.229 e. The fourth-order valence-corrected chi connectivity index (χ4v) is 5.40. The number of rotatable bonds is 9. The molecule has 33 heavy (non-hydrogen) atoms. The third-order valence-corrected chi connectivity index (χ3v) is 7.63. The fraction of sp³-hybridized carbons (Fsp3) is 0.269. The maximum Gasteiger partial charge on any atom is 0.229 e. The van der Waals surface area contributed by atoms with Crippen LogP contribution < -0.4 is 9.64 Å². The van der Waals surface area contributed by atoms with Crippen LogP contribution in [0.2, 0.25) is 0 Å². The molecule has 0 spiro atoms. The summed E-state index contributed by atoms with van der Waals surface area (Å²) in [5, 5.41) is 0.680. The summed E-state index contributed by atoms with van der Waals surface area (Å²) in [5.41, 5.74) is 4.01. The topological polar surface area (TPSA) is 55.3 Å². The number of thiazole rings is 1. The summed E-state index contributed by atoms with van der Waals surface area (Å²) < 4.78 is 6.55. The van der Waals surface area contributed by atoms with E-state index in [4.69, 9.17) is 9.72 Å². The van der Waals surface area contributed by atoms with Gasteiger partial charge in [0.2, 0.25) is 5.91 Å². The first kappa shape index (κ1) is 23.3. The lowest BCUT2D eigenvalue weighted by atomic mass is 10.2. The second-order valence-electron chi connectivity index (χ2n) is 7.82. The van der Waals surface area contributed by atoms with E-state index >= 15 is 0 Å². The molecule has 0 aliphatic carbocycles. The van der Waals surface area contributed by atoms with Crippen LogP contribution in [0.4, 0.5) is 5.13 Å². The molecule has 2 aromatic heterocycles. The van der Waals surface area contributed by atoms with Gasteiger partial charge in [-0.15, -0.1) is 11.8 Å². The molecule has 4 rings (SSSR count). The van der Waals surface area contributed by atoms with Gasteiger partial charge in [-0.3, -0.25) is 14.7 Å². The first-order valence-electron chi connectivity index (χ1n) is 10.9. The van der Waals surface area contributed by atoms with Gasteiger partial charge < -0.3 is 4.74 Å². The Bertz CT molecular complexity index is 1220. The molecular weight excluding hydrogens is 450 g/mol. The molecule has 0 atom stereocenters. The number of pyridine rings is 1. The Kier molecular flexibility index (Phi) is 7.62. The van der Waals surface area contributed by atoms with Crippen LogP contribution in [0.15, 0.2) is 65.7 Å². The minimum Gasteiger partial charge on any atom is -0.494 e. The molecule has 7 heteroatoms. The molecule has 0 saturated heterocycles. The van der Waals surface area contributed by atoms with Crippen molar-refractivity contribution < 1.29 is 9.53 Å². The van der Waals surface area contributed by atoms with Crippen molar-refractivity contribution in [1.82, 2.24) is 9.97 Å². The minimum atomic E-state index is 0.0563. The highest BCUT2D eigenvalue weighted by Crippen LogP contribution is 2.37. The SMILES string of the molecule is COc1ccc(C)c2sc(N(Cc3ccccn3)C(=O)CCCSc3ccc(C)cc3)nc12. The first-order chi connectivity index (χ1) is 16.0. The predicted octanol–water partition coefficient (Wildman–Crippen LogP) is 6.42. The van der Waals surface area contributed by atoms with Gasteiger partial charge in [-0.05, 0) is 61.9 Å². The van der Waals surface area contributed by atoms with Gasteiger partial charge in [0.15, 0.2) is 5.13 Å². The Morgan fingerprint density at radius 2 is 1.91 bits per heavy atom. The third kappa shape index (κ3) is 5.72. The lowest BCUT2D eigenvalue weighted by Gasteiger charge is -2.19. The highest BCUT2D eigenvalue weighted by atomic mass is 32.2. The Labute approximate surface area is 202 Å². The molecule has 1 amide bonds. The van der Waals surface area contributed by atoms with Crippen LogP contribution in [-0.2, 0) is 11.3 Å². The molecule has 170 valence electrons. The molecular formula is C26H27N3O2S2. The van der Waals surface area contributed by atoms with E-state index in [1.54, 1.807) is 30.0 Å². The van der Waals surface area contributed by atoms with Crippen LogP contribution >= 0.6 is 23.1 Å². The van der Waals surface area contributed by atoms with Gasteiger partial charge in [0.05, 0.1) is 24.0 Å². The Morgan fingerprint density at radius 3 is 2.64 bits per heavy atom. The number of carbonyl (C=O) groups excluding carboxylic acids is 1. The average molecular weight is 478 g/mol. The van der Waals surface area contributed by atoms with Gasteiger partial charge in [-0.25, -0.2) is 4.98 Å². The monoisotopic (exact) mass is 477 g/mol. The molecule has 0 saturated carbocycles. The van der Waals surface area contributed by atoms with Crippen molar-refractivity contribution in [2.24, 2.45) is 0 Å². The molecule has 0 aliphatic heterocycles. The van der Waals surface area contributed by atoms with Crippen molar-refractivity contribution in [2.45, 2.75) is 38.1 Å². The van der Waals surface area contributed by atoms with E-state index in [-0.39, 0.29) is 5.91 Å². The number of carbonyl (C=O) groups is 1. The normalized spacial score (nSPS) is 11.0. The standard InChI is InChI=1S/C26H27N3O2S2/c1-18-9-12-21(13-10-18)32-16-6-8-23(30)29(17-20-7-4-5-15-27-20)26-28-24-22(31-3)14-11-19(2)25(24)33-26/h4-5,7,9-15H,6,8,16-17H2,1-3H3. The zero-order chi connectivity index (χ0) is 23.2. The van der Waals surface area contributed by atoms with Crippen LogP contribution in [0.1, 0.15) is 29.7 Å². The number of anilines is 1. The van der Waals surface area contributed by atoms with Gasteiger partial charge in [0.25, 0.3) is 0 Å². The number of ether oxygens (including phenoxy) is 1. The Hall–Kier alpha value is -2.90. The van der Waals surface area contributed by atoms with Crippen molar-refractivity contribution >= 4 is 44.4 Å². The number of hydrogen-bond acceptors (Lipinski definition) is 6. The Balaban J connectivity index is 1.52. The number of methoxy groups -OCH3 is 1. The lowest BCUT2D eigenvalue weighted by molar-refractivity contribution is -0.118. The number of hydrogen-bond donors (Lipinski definition) is 0. The molecule has 2 heterocycles. The molecule has 5 nitrogen and oxygen atoms in total. The van der Waals surface area contributed by atoms with Crippen LogP contribution in [0, 0.1) is 13.8 Å². The number of aryl methyl sites for hydroxylation is 2. The summed E-state index contributed by atoms with van der Waals surface area (Å²) in [6, 6.07) is 18.2. The van der Waals surface area contributed by atoms with Crippen molar-refractivity contribution in [3.05, 3.63) is 77.6 Å². The lowest BCUT2D eigenvalue weighted by Crippen LogP contribution is -2.30. The maximum absolute atomic E-state index is 13.3. The molecule has 0 radical (unpaired) electrons. The summed E-state index contributed by atoms with van der Waals surface area (Å²) in [7, 11) is 1.64. The van der Waals surface area contributed by atoms with E-state index in [1.165, 1.54) is 21.8 Å². The van der Waals surface area contributed by atoms with E-state index in [0.29, 0.717) is 18.1 Å². The zero-order valence-corrected chi connectivity index (χ0v) is 20.7. The number of nitrogens with zero attached hydrogens (tertiary/aromatic N) is 3. The predicted molar refractivity (Wildman–Crippen MR) is 137 cm³/mol. The third-order valence-electron chi connectivity index (χ3n) is 5.31. The first-order valence-corrected chi connectivity index (χ1v) is 12.7. The van der Waals surface area contributed by atoms with Crippen LogP contribution in [0.5, 0.6) is 5.75 Å². The van der Waals surface area contributed by atoms with Crippen molar-refractivity contribution in [1.29, 1.82) is 0 Å². The van der Waals surface area contributed by atoms with Crippen molar-refractivity contribution in [2.75, 3.05) is 17.8 Å². The summed E-state index contributed by atoms with van der Waals surface area (Å²) in [5.74, 6) is 1.66. The summed E-state index contributed by atoms with van der Waals surface area (Å²) in [6.07, 6.45) is 3.00. The molecule has 4 aromatic rings. The minimum absolute atomic E-state index is 0.0563. The van der Waals surface area contributed by atoms with Gasteiger partial charge in [-0.1, -0.05) is 41.2 Å². The highest BCUT2D eigenvalue weighted by Gasteiger charge is 2.22. The zero-order valence-electron chi connectivity index (χ0n) is 19.1. The van der Waals surface area contributed by atoms with E-state index in [0.717, 1.165) is 39.4 Å². The van der Waals surface area contributed by atoms with Crippen molar-refractivity contribution in [3.8, 4) is 5.75 Å². The largest absolute Gasteiger partial charge is 0.494 e. The molecule has 0 N–H and O–H groups in total. The van der Waals surface area contributed by atoms with Crippen LogP contribution in [0.25, 0.3) is 10.2 Å². The number of aromatic nitrogens is 2. The molecule has 0 bridgehead atoms. The molecule has 0 unspecified atom stereocenters. The van der Waals surface area contributed by atoms with Gasteiger partial charge in [0, 0.05) is 17.5 Å². The van der Waals surface area contributed by atoms with E-state index in [9.17, 15) is 4.79 Å². The second-order valence-corrected chi connectivity index (χ2v) is 9.97. The number of fused-ring (bicyclic) bond motifs is 1. The van der Waals surface area contributed by atoms with Crippen LogP contribution in [0.3, 0.4) is 0 Å². The quantitative estimate of drug-likeness (QED) is 0.206. The van der Waals surface area contributed by atoms with Crippen molar-refractivity contribution in [3.63, 3.8) is 0 Å². The molecule has 0 aliphatic rings.